The molecule has 0 aliphatic carbocycles. The number of halogens is 1. The number of likely N-dealkylation sites (N-methyl/N-ethyl adjacent to an activating group) is 1. The molecule has 1 atom stereocenters. The Labute approximate surface area is 161 Å². The van der Waals surface area contributed by atoms with Crippen LogP contribution < -0.4 is 0 Å². The van der Waals surface area contributed by atoms with E-state index in [1.807, 2.05) is 16.8 Å². The van der Waals surface area contributed by atoms with E-state index >= 15 is 0 Å². The first-order chi connectivity index (χ1) is 12.3. The van der Waals surface area contributed by atoms with Gasteiger partial charge in [-0.15, -0.1) is 0 Å². The summed E-state index contributed by atoms with van der Waals surface area (Å²) in [4.78, 5) is 40.7. The van der Waals surface area contributed by atoms with Crippen molar-refractivity contribution in [1.29, 1.82) is 0 Å². The number of thiophene rings is 1. The van der Waals surface area contributed by atoms with Gasteiger partial charge in [0.25, 0.3) is 0 Å². The van der Waals surface area contributed by atoms with Gasteiger partial charge in [-0.1, -0.05) is 29.8 Å². The highest BCUT2D eigenvalue weighted by Crippen LogP contribution is 2.42. The lowest BCUT2D eigenvalue weighted by atomic mass is 9.75. The maximum atomic E-state index is 12.9. The van der Waals surface area contributed by atoms with E-state index in [1.165, 1.54) is 7.05 Å². The zero-order valence-electron chi connectivity index (χ0n) is 14.6. The largest absolute Gasteiger partial charge is 0.341 e. The zero-order chi connectivity index (χ0) is 18.9. The summed E-state index contributed by atoms with van der Waals surface area (Å²) in [5.74, 6) is -0.885. The highest BCUT2D eigenvalue weighted by molar-refractivity contribution is 7.07. The molecule has 1 aromatic heterocycles. The number of carbonyl (C=O) groups excluding carboxylic acids is 3. The second-order valence-electron chi connectivity index (χ2n) is 6.55. The van der Waals surface area contributed by atoms with Crippen molar-refractivity contribution in [2.75, 3.05) is 14.1 Å². The summed E-state index contributed by atoms with van der Waals surface area (Å²) in [5.41, 5.74) is 0.315. The van der Waals surface area contributed by atoms with E-state index < -0.39 is 5.41 Å². The molecule has 0 radical (unpaired) electrons. The van der Waals surface area contributed by atoms with Crippen LogP contribution in [0.5, 0.6) is 0 Å². The Morgan fingerprint density at radius 2 is 2.04 bits per heavy atom. The normalized spacial score (nSPS) is 19.9. The zero-order valence-corrected chi connectivity index (χ0v) is 16.1. The van der Waals surface area contributed by atoms with E-state index in [2.05, 4.69) is 0 Å². The summed E-state index contributed by atoms with van der Waals surface area (Å²) < 4.78 is 0. The second-order valence-corrected chi connectivity index (χ2v) is 7.74. The third-order valence-electron chi connectivity index (χ3n) is 4.81. The molecule has 136 valence electrons. The lowest BCUT2D eigenvalue weighted by Crippen LogP contribution is -2.41. The molecule has 0 saturated carbocycles. The average Bonchev–Trinajstić information content (AvgIpc) is 3.19. The molecule has 26 heavy (non-hydrogen) atoms. The van der Waals surface area contributed by atoms with Crippen molar-refractivity contribution in [3.63, 3.8) is 0 Å². The molecule has 2 heterocycles. The van der Waals surface area contributed by atoms with Gasteiger partial charge in [-0.3, -0.25) is 19.3 Å². The topological polar surface area (TPSA) is 57.7 Å². The molecule has 3 rings (SSSR count). The summed E-state index contributed by atoms with van der Waals surface area (Å²) in [5, 5.41) is 4.32. The van der Waals surface area contributed by atoms with Crippen molar-refractivity contribution in [2.45, 2.75) is 24.8 Å². The summed E-state index contributed by atoms with van der Waals surface area (Å²) in [7, 11) is 3.15. The standard InChI is InChI=1S/C19H19ClN2O3S/c1-21(11-13-7-8-26-12-13)16(23)9-19(10-17(24)22(2)18(19)25)14-5-3-4-6-15(14)20/h3-8,12H,9-11H2,1-2H3. The van der Waals surface area contributed by atoms with E-state index in [1.54, 1.807) is 47.5 Å². The number of rotatable bonds is 5. The van der Waals surface area contributed by atoms with E-state index in [4.69, 9.17) is 11.6 Å². The quantitative estimate of drug-likeness (QED) is 0.737. The molecule has 0 spiro atoms. The summed E-state index contributed by atoms with van der Waals surface area (Å²) in [6.07, 6.45) is -0.142. The van der Waals surface area contributed by atoms with Crippen LogP contribution in [-0.4, -0.2) is 41.6 Å². The molecule has 1 aromatic carbocycles. The molecule has 2 aromatic rings. The molecular weight excluding hydrogens is 372 g/mol. The molecule has 5 nitrogen and oxygen atoms in total. The number of hydrogen-bond donors (Lipinski definition) is 0. The number of benzene rings is 1. The average molecular weight is 391 g/mol. The summed E-state index contributed by atoms with van der Waals surface area (Å²) in [6, 6.07) is 8.87. The number of hydrogen-bond acceptors (Lipinski definition) is 4. The minimum atomic E-state index is -1.25. The molecular formula is C19H19ClN2O3S. The maximum absolute atomic E-state index is 12.9. The fourth-order valence-corrected chi connectivity index (χ4v) is 4.29. The number of likely N-dealkylation sites (tertiary alicyclic amines) is 1. The van der Waals surface area contributed by atoms with Crippen LogP contribution >= 0.6 is 22.9 Å². The van der Waals surface area contributed by atoms with Crippen LogP contribution in [0.3, 0.4) is 0 Å². The maximum Gasteiger partial charge on any atom is 0.240 e. The lowest BCUT2D eigenvalue weighted by molar-refractivity contribution is -0.141. The monoisotopic (exact) mass is 390 g/mol. The van der Waals surface area contributed by atoms with Gasteiger partial charge < -0.3 is 4.90 Å². The molecule has 1 aliphatic heterocycles. The Hall–Kier alpha value is -2.18. The number of imide groups is 1. The van der Waals surface area contributed by atoms with Gasteiger partial charge in [-0.05, 0) is 34.0 Å². The number of amides is 3. The minimum Gasteiger partial charge on any atom is -0.341 e. The molecule has 3 amide bonds. The van der Waals surface area contributed by atoms with Gasteiger partial charge in [0.05, 0.1) is 5.41 Å². The van der Waals surface area contributed by atoms with Crippen molar-refractivity contribution in [2.24, 2.45) is 0 Å². The molecule has 1 saturated heterocycles. The first kappa shape index (κ1) is 18.6. The van der Waals surface area contributed by atoms with Gasteiger partial charge in [-0.25, -0.2) is 0 Å². The van der Waals surface area contributed by atoms with Gasteiger partial charge in [0.15, 0.2) is 0 Å². The van der Waals surface area contributed by atoms with Gasteiger partial charge in [-0.2, -0.15) is 11.3 Å². The van der Waals surface area contributed by atoms with Crippen molar-refractivity contribution >= 4 is 40.7 Å². The third kappa shape index (κ3) is 3.27. The van der Waals surface area contributed by atoms with Gasteiger partial charge >= 0.3 is 0 Å². The van der Waals surface area contributed by atoms with Crippen molar-refractivity contribution in [3.8, 4) is 0 Å². The Kier molecular flexibility index (Phi) is 5.16. The fourth-order valence-electron chi connectivity index (χ4n) is 3.32. The van der Waals surface area contributed by atoms with Crippen LogP contribution in [0.1, 0.15) is 24.0 Å². The fraction of sp³-hybridized carbons (Fsp3) is 0.316. The van der Waals surface area contributed by atoms with Crippen LogP contribution in [0.2, 0.25) is 5.02 Å². The van der Waals surface area contributed by atoms with Crippen LogP contribution in [-0.2, 0) is 26.3 Å². The summed E-state index contributed by atoms with van der Waals surface area (Å²) in [6.45, 7) is 0.457. The molecule has 7 heteroatoms. The van der Waals surface area contributed by atoms with Gasteiger partial charge in [0.1, 0.15) is 0 Å². The SMILES string of the molecule is CN(Cc1ccsc1)C(=O)CC1(c2ccccc2Cl)CC(=O)N(C)C1=O. The Balaban J connectivity index is 1.92. The van der Waals surface area contributed by atoms with E-state index in [9.17, 15) is 14.4 Å². The van der Waals surface area contributed by atoms with E-state index in [0.717, 1.165) is 10.5 Å². The predicted octanol–water partition coefficient (Wildman–Crippen LogP) is 3.08. The highest BCUT2D eigenvalue weighted by atomic mass is 35.5. The van der Waals surface area contributed by atoms with Crippen molar-refractivity contribution in [1.82, 2.24) is 9.80 Å². The van der Waals surface area contributed by atoms with Gasteiger partial charge in [0.2, 0.25) is 17.7 Å². The number of carbonyl (C=O) groups is 3. The Bertz CT molecular complexity index is 852. The molecule has 0 bridgehead atoms. The molecule has 1 unspecified atom stereocenters. The predicted molar refractivity (Wildman–Crippen MR) is 101 cm³/mol. The second kappa shape index (κ2) is 7.21. The molecule has 1 aliphatic rings. The van der Waals surface area contributed by atoms with Gasteiger partial charge in [0, 0.05) is 38.5 Å². The molecule has 1 fully saturated rings. The first-order valence-electron chi connectivity index (χ1n) is 8.16. The third-order valence-corrected chi connectivity index (χ3v) is 5.87. The van der Waals surface area contributed by atoms with Crippen molar-refractivity contribution < 1.29 is 14.4 Å². The lowest BCUT2D eigenvalue weighted by Gasteiger charge is -2.29. The van der Waals surface area contributed by atoms with Crippen LogP contribution in [0.15, 0.2) is 41.1 Å². The number of nitrogens with zero attached hydrogens (tertiary/aromatic N) is 2. The van der Waals surface area contributed by atoms with Crippen molar-refractivity contribution in [3.05, 3.63) is 57.2 Å². The first-order valence-corrected chi connectivity index (χ1v) is 9.48. The Morgan fingerprint density at radius 3 is 2.62 bits per heavy atom. The van der Waals surface area contributed by atoms with Crippen LogP contribution in [0.4, 0.5) is 0 Å². The minimum absolute atomic E-state index is 0.0515. The summed E-state index contributed by atoms with van der Waals surface area (Å²) >= 11 is 7.89. The van der Waals surface area contributed by atoms with Crippen LogP contribution in [0.25, 0.3) is 0 Å². The van der Waals surface area contributed by atoms with E-state index in [0.29, 0.717) is 17.1 Å². The van der Waals surface area contributed by atoms with E-state index in [-0.39, 0.29) is 30.6 Å². The van der Waals surface area contributed by atoms with Crippen LogP contribution in [0, 0.1) is 0 Å². The molecule has 0 N–H and O–H groups in total. The smallest absolute Gasteiger partial charge is 0.240 e. The Morgan fingerprint density at radius 1 is 1.31 bits per heavy atom. The highest BCUT2D eigenvalue weighted by Gasteiger charge is 2.53.